The first kappa shape index (κ1) is 17.4. The Morgan fingerprint density at radius 2 is 2.00 bits per heavy atom. The van der Waals surface area contributed by atoms with Crippen molar-refractivity contribution >= 4 is 28.3 Å². The summed E-state index contributed by atoms with van der Waals surface area (Å²) in [5.74, 6) is 1.85. The lowest BCUT2D eigenvalue weighted by atomic mass is 10.3. The molecule has 3 rings (SSSR count). The normalized spacial score (nSPS) is 11.9. The number of benzene rings is 1. The fraction of sp³-hybridized carbons (Fsp3) is 0.389. The molecule has 25 heavy (non-hydrogen) atoms. The highest BCUT2D eigenvalue weighted by Crippen LogP contribution is 2.14. The van der Waals surface area contributed by atoms with Gasteiger partial charge >= 0.3 is 0 Å². The molecule has 0 saturated carbocycles. The number of aromatic nitrogens is 3. The summed E-state index contributed by atoms with van der Waals surface area (Å²) in [5.41, 5.74) is 2.21. The molecule has 1 aromatic carbocycles. The Labute approximate surface area is 152 Å². The second-order valence-electron chi connectivity index (χ2n) is 5.84. The second kappa shape index (κ2) is 8.11. The zero-order chi connectivity index (χ0) is 17.6. The van der Waals surface area contributed by atoms with Gasteiger partial charge in [0.15, 0.2) is 5.96 Å². The molecule has 3 aromatic rings. The van der Waals surface area contributed by atoms with Gasteiger partial charge < -0.3 is 15.2 Å². The average molecular weight is 356 g/mol. The van der Waals surface area contributed by atoms with Gasteiger partial charge in [0.2, 0.25) is 0 Å². The van der Waals surface area contributed by atoms with Gasteiger partial charge in [-0.3, -0.25) is 4.99 Å². The third kappa shape index (κ3) is 4.36. The van der Waals surface area contributed by atoms with E-state index in [1.807, 2.05) is 31.3 Å². The zero-order valence-electron chi connectivity index (χ0n) is 14.9. The number of nitrogens with one attached hydrogen (secondary N) is 2. The van der Waals surface area contributed by atoms with E-state index >= 15 is 0 Å². The lowest BCUT2D eigenvalue weighted by molar-refractivity contribution is 0.659. The summed E-state index contributed by atoms with van der Waals surface area (Å²) in [5, 5.41) is 7.86. The average Bonchev–Trinajstić information content (AvgIpc) is 3.16. The Morgan fingerprint density at radius 1 is 1.20 bits per heavy atom. The van der Waals surface area contributed by atoms with Gasteiger partial charge in [0.25, 0.3) is 0 Å². The van der Waals surface area contributed by atoms with E-state index in [2.05, 4.69) is 43.2 Å². The van der Waals surface area contributed by atoms with Crippen LogP contribution < -0.4 is 10.6 Å². The first-order valence-electron chi connectivity index (χ1n) is 8.45. The summed E-state index contributed by atoms with van der Waals surface area (Å²) in [7, 11) is 1.79. The van der Waals surface area contributed by atoms with Crippen LogP contribution in [0, 0.1) is 13.8 Å². The number of hydrogen-bond acceptors (Lipinski definition) is 4. The molecule has 7 heteroatoms. The van der Waals surface area contributed by atoms with E-state index in [0.717, 1.165) is 48.4 Å². The number of thiazole rings is 1. The standard InChI is InChI=1S/C18H24N6S/c1-13-12-22-17(25-13)8-9-20-18(19-3)21-10-11-24-14(2)23-15-6-4-5-7-16(15)24/h4-7,12H,8-11H2,1-3H3,(H2,19,20,21). The third-order valence-electron chi connectivity index (χ3n) is 4.00. The molecule has 0 fully saturated rings. The Hall–Kier alpha value is -2.41. The fourth-order valence-corrected chi connectivity index (χ4v) is 3.58. The molecular formula is C18H24N6S. The zero-order valence-corrected chi connectivity index (χ0v) is 15.7. The molecule has 0 radical (unpaired) electrons. The monoisotopic (exact) mass is 356 g/mol. The van der Waals surface area contributed by atoms with Crippen molar-refractivity contribution in [3.8, 4) is 0 Å². The van der Waals surface area contributed by atoms with Gasteiger partial charge in [0.05, 0.1) is 16.0 Å². The summed E-state index contributed by atoms with van der Waals surface area (Å²) in [6.45, 7) is 6.58. The van der Waals surface area contributed by atoms with E-state index in [1.165, 1.54) is 10.4 Å². The first-order valence-corrected chi connectivity index (χ1v) is 9.26. The van der Waals surface area contributed by atoms with Crippen molar-refractivity contribution in [3.63, 3.8) is 0 Å². The molecule has 0 aliphatic heterocycles. The van der Waals surface area contributed by atoms with Crippen molar-refractivity contribution in [2.45, 2.75) is 26.8 Å². The highest BCUT2D eigenvalue weighted by atomic mass is 32.1. The molecule has 0 unspecified atom stereocenters. The Kier molecular flexibility index (Phi) is 5.65. The highest BCUT2D eigenvalue weighted by molar-refractivity contribution is 7.11. The topological polar surface area (TPSA) is 67.1 Å². The van der Waals surface area contributed by atoms with Crippen LogP contribution in [0.4, 0.5) is 0 Å². The number of guanidine groups is 1. The van der Waals surface area contributed by atoms with E-state index in [4.69, 9.17) is 0 Å². The van der Waals surface area contributed by atoms with Crippen molar-refractivity contribution in [2.75, 3.05) is 20.1 Å². The SMILES string of the molecule is CN=C(NCCc1ncc(C)s1)NCCn1c(C)nc2ccccc21. The number of para-hydroxylation sites is 2. The summed E-state index contributed by atoms with van der Waals surface area (Å²) in [6.07, 6.45) is 2.83. The van der Waals surface area contributed by atoms with E-state index in [9.17, 15) is 0 Å². The maximum Gasteiger partial charge on any atom is 0.191 e. The van der Waals surface area contributed by atoms with Crippen LogP contribution in [0.5, 0.6) is 0 Å². The van der Waals surface area contributed by atoms with Crippen LogP contribution in [0.15, 0.2) is 35.5 Å². The minimum atomic E-state index is 0.789. The summed E-state index contributed by atoms with van der Waals surface area (Å²) < 4.78 is 2.23. The van der Waals surface area contributed by atoms with Crippen LogP contribution in [-0.2, 0) is 13.0 Å². The molecule has 0 spiro atoms. The van der Waals surface area contributed by atoms with Crippen molar-refractivity contribution in [1.82, 2.24) is 25.2 Å². The van der Waals surface area contributed by atoms with Crippen LogP contribution in [0.1, 0.15) is 15.7 Å². The minimum Gasteiger partial charge on any atom is -0.356 e. The molecule has 0 atom stereocenters. The van der Waals surface area contributed by atoms with Gasteiger partial charge in [-0.15, -0.1) is 11.3 Å². The van der Waals surface area contributed by atoms with E-state index in [1.54, 1.807) is 18.4 Å². The summed E-state index contributed by atoms with van der Waals surface area (Å²) in [4.78, 5) is 14.5. The molecule has 0 aliphatic carbocycles. The summed E-state index contributed by atoms with van der Waals surface area (Å²) in [6, 6.07) is 8.23. The second-order valence-corrected chi connectivity index (χ2v) is 7.16. The van der Waals surface area contributed by atoms with Crippen molar-refractivity contribution in [1.29, 1.82) is 0 Å². The molecule has 2 heterocycles. The number of fused-ring (bicyclic) bond motifs is 1. The van der Waals surface area contributed by atoms with Gasteiger partial charge in [-0.2, -0.15) is 0 Å². The van der Waals surface area contributed by atoms with Crippen LogP contribution in [0.25, 0.3) is 11.0 Å². The van der Waals surface area contributed by atoms with Gasteiger partial charge in [-0.1, -0.05) is 12.1 Å². The van der Waals surface area contributed by atoms with Crippen LogP contribution >= 0.6 is 11.3 Å². The molecule has 6 nitrogen and oxygen atoms in total. The molecule has 132 valence electrons. The number of aliphatic imine (C=N–C) groups is 1. The van der Waals surface area contributed by atoms with Gasteiger partial charge in [0.1, 0.15) is 5.82 Å². The minimum absolute atomic E-state index is 0.789. The van der Waals surface area contributed by atoms with E-state index in [-0.39, 0.29) is 0 Å². The Bertz CT molecular complexity index is 863. The molecule has 0 aliphatic rings. The van der Waals surface area contributed by atoms with Gasteiger partial charge in [-0.05, 0) is 26.0 Å². The van der Waals surface area contributed by atoms with Crippen LogP contribution in [-0.4, -0.2) is 40.6 Å². The van der Waals surface area contributed by atoms with Crippen molar-refractivity contribution in [3.05, 3.63) is 46.2 Å². The first-order chi connectivity index (χ1) is 12.2. The third-order valence-corrected chi connectivity index (χ3v) is 4.97. The van der Waals surface area contributed by atoms with Crippen LogP contribution in [0.3, 0.4) is 0 Å². The predicted molar refractivity (Wildman–Crippen MR) is 104 cm³/mol. The molecule has 0 amide bonds. The molecule has 0 bridgehead atoms. The number of aryl methyl sites for hydroxylation is 2. The maximum absolute atomic E-state index is 4.60. The number of rotatable bonds is 6. The number of nitrogens with zero attached hydrogens (tertiary/aromatic N) is 4. The Morgan fingerprint density at radius 3 is 2.76 bits per heavy atom. The van der Waals surface area contributed by atoms with E-state index < -0.39 is 0 Å². The van der Waals surface area contributed by atoms with E-state index in [0.29, 0.717) is 0 Å². The lowest BCUT2D eigenvalue weighted by Gasteiger charge is -2.12. The quantitative estimate of drug-likeness (QED) is 0.526. The summed E-state index contributed by atoms with van der Waals surface area (Å²) >= 11 is 1.74. The predicted octanol–water partition coefficient (Wildman–Crippen LogP) is 2.52. The molecule has 2 N–H and O–H groups in total. The van der Waals surface area contributed by atoms with Crippen molar-refractivity contribution < 1.29 is 0 Å². The number of hydrogen-bond donors (Lipinski definition) is 2. The lowest BCUT2D eigenvalue weighted by Crippen LogP contribution is -2.39. The maximum atomic E-state index is 4.60. The molecular weight excluding hydrogens is 332 g/mol. The van der Waals surface area contributed by atoms with Gasteiger partial charge in [-0.25, -0.2) is 9.97 Å². The van der Waals surface area contributed by atoms with Gasteiger partial charge in [0, 0.05) is 44.2 Å². The van der Waals surface area contributed by atoms with Crippen LogP contribution in [0.2, 0.25) is 0 Å². The largest absolute Gasteiger partial charge is 0.356 e. The molecule has 0 saturated heterocycles. The highest BCUT2D eigenvalue weighted by Gasteiger charge is 2.06. The number of imidazole rings is 1. The van der Waals surface area contributed by atoms with Crippen molar-refractivity contribution in [2.24, 2.45) is 4.99 Å². The fourth-order valence-electron chi connectivity index (χ4n) is 2.79. The smallest absolute Gasteiger partial charge is 0.191 e. The Balaban J connectivity index is 1.48. The molecule has 2 aromatic heterocycles.